The molecule has 0 fully saturated rings. The maximum atomic E-state index is 12.8. The second-order valence-corrected chi connectivity index (χ2v) is 9.92. The van der Waals surface area contributed by atoms with Crippen molar-refractivity contribution in [3.63, 3.8) is 0 Å². The molecule has 1 aliphatic heterocycles. The predicted octanol–water partition coefficient (Wildman–Crippen LogP) is 3.11. The smallest absolute Gasteiger partial charge is 0.211 e. The van der Waals surface area contributed by atoms with Gasteiger partial charge in [-0.05, 0) is 35.7 Å². The molecule has 0 radical (unpaired) electrons. The lowest BCUT2D eigenvalue weighted by molar-refractivity contribution is 0.304. The number of anilines is 1. The first kappa shape index (κ1) is 23.8. The zero-order valence-electron chi connectivity index (χ0n) is 18.0. The van der Waals surface area contributed by atoms with Gasteiger partial charge in [0, 0.05) is 38.1 Å². The molecule has 1 atom stereocenters. The summed E-state index contributed by atoms with van der Waals surface area (Å²) in [4.78, 5) is 6.39. The molecule has 168 valence electrons. The minimum atomic E-state index is -3.45. The maximum Gasteiger partial charge on any atom is 0.211 e. The molecule has 0 aliphatic carbocycles. The Morgan fingerprint density at radius 2 is 1.97 bits per heavy atom. The van der Waals surface area contributed by atoms with Crippen molar-refractivity contribution < 1.29 is 8.42 Å². The molecule has 0 saturated heterocycles. The lowest BCUT2D eigenvalue weighted by Crippen LogP contribution is -2.50. The zero-order valence-corrected chi connectivity index (χ0v) is 19.7. The molecule has 0 spiro atoms. The van der Waals surface area contributed by atoms with Gasteiger partial charge in [0.05, 0.1) is 36.5 Å². The molecule has 0 saturated carbocycles. The molecule has 4 rings (SSSR count). The van der Waals surface area contributed by atoms with Crippen LogP contribution in [0.25, 0.3) is 0 Å². The first-order chi connectivity index (χ1) is 14.8. The maximum absolute atomic E-state index is 12.8. The van der Waals surface area contributed by atoms with Crippen LogP contribution in [-0.2, 0) is 36.6 Å². The number of hydrogen-bond acceptors (Lipinski definition) is 5. The van der Waals surface area contributed by atoms with Gasteiger partial charge in [-0.1, -0.05) is 30.3 Å². The predicted molar refractivity (Wildman–Crippen MR) is 127 cm³/mol. The van der Waals surface area contributed by atoms with E-state index in [1.165, 1.54) is 6.26 Å². The van der Waals surface area contributed by atoms with Crippen LogP contribution in [0.3, 0.4) is 0 Å². The van der Waals surface area contributed by atoms with Gasteiger partial charge in [-0.2, -0.15) is 9.57 Å². The third kappa shape index (κ3) is 5.13. The van der Waals surface area contributed by atoms with Crippen LogP contribution in [-0.4, -0.2) is 41.1 Å². The van der Waals surface area contributed by atoms with E-state index in [1.807, 2.05) is 66.3 Å². The number of hydrogen-bond donors (Lipinski definition) is 0. The number of imidazole rings is 1. The quantitative estimate of drug-likeness (QED) is 0.551. The van der Waals surface area contributed by atoms with Gasteiger partial charge in [0.2, 0.25) is 10.0 Å². The fourth-order valence-electron chi connectivity index (χ4n) is 4.15. The van der Waals surface area contributed by atoms with Crippen molar-refractivity contribution in [2.45, 2.75) is 25.6 Å². The Morgan fingerprint density at radius 3 is 2.59 bits per heavy atom. The summed E-state index contributed by atoms with van der Waals surface area (Å²) < 4.78 is 29.1. The molecule has 2 aromatic carbocycles. The Labute approximate surface area is 195 Å². The molecule has 9 heteroatoms. The molecular formula is C23H26ClN5O2S. The lowest BCUT2D eigenvalue weighted by atomic mass is 9.95. The number of sulfonamides is 1. The summed E-state index contributed by atoms with van der Waals surface area (Å²) in [6.07, 6.45) is 5.41. The van der Waals surface area contributed by atoms with E-state index >= 15 is 0 Å². The number of rotatable bonds is 6. The average molecular weight is 472 g/mol. The number of nitrogens with zero attached hydrogens (tertiary/aromatic N) is 5. The van der Waals surface area contributed by atoms with E-state index in [4.69, 9.17) is 0 Å². The number of nitriles is 1. The molecule has 1 aliphatic rings. The Hall–Kier alpha value is -2.86. The molecule has 7 nitrogen and oxygen atoms in total. The standard InChI is InChI=1S/C23H25N5O2S.ClH/c1-26-17-25-13-22(26)16-27-15-21(11-20-10-19(12-24)8-9-23(20)27)28(31(2,29)30)14-18-6-4-3-5-7-18;/h3-10,13,17,21H,11,14-16H2,1-2H3;1H. The van der Waals surface area contributed by atoms with Gasteiger partial charge in [-0.3, -0.25) is 0 Å². The summed E-state index contributed by atoms with van der Waals surface area (Å²) in [6, 6.07) is 17.2. The van der Waals surface area contributed by atoms with Gasteiger partial charge in [0.15, 0.2) is 0 Å². The minimum absolute atomic E-state index is 0. The monoisotopic (exact) mass is 471 g/mol. The molecule has 1 aromatic heterocycles. The van der Waals surface area contributed by atoms with Crippen molar-refractivity contribution in [1.82, 2.24) is 13.9 Å². The van der Waals surface area contributed by atoms with Crippen molar-refractivity contribution >= 4 is 28.1 Å². The molecule has 2 heterocycles. The van der Waals surface area contributed by atoms with Gasteiger partial charge in [-0.25, -0.2) is 13.4 Å². The van der Waals surface area contributed by atoms with E-state index < -0.39 is 10.0 Å². The van der Waals surface area contributed by atoms with E-state index in [-0.39, 0.29) is 18.4 Å². The summed E-state index contributed by atoms with van der Waals surface area (Å²) in [5.41, 5.74) is 4.57. The van der Waals surface area contributed by atoms with Crippen LogP contribution in [0, 0.1) is 11.3 Å². The third-order valence-corrected chi connectivity index (χ3v) is 7.00. The largest absolute Gasteiger partial charge is 0.364 e. The summed E-state index contributed by atoms with van der Waals surface area (Å²) in [5.74, 6) is 0. The third-order valence-electron chi connectivity index (χ3n) is 5.72. The van der Waals surface area contributed by atoms with Crippen LogP contribution in [0.1, 0.15) is 22.4 Å². The molecule has 1 unspecified atom stereocenters. The second-order valence-electron chi connectivity index (χ2n) is 7.98. The Bertz CT molecular complexity index is 1220. The highest BCUT2D eigenvalue weighted by atomic mass is 35.5. The number of aryl methyl sites for hydroxylation is 1. The summed E-state index contributed by atoms with van der Waals surface area (Å²) in [6.45, 7) is 1.48. The van der Waals surface area contributed by atoms with Crippen molar-refractivity contribution in [3.05, 3.63) is 83.4 Å². The summed E-state index contributed by atoms with van der Waals surface area (Å²) in [5, 5.41) is 9.37. The summed E-state index contributed by atoms with van der Waals surface area (Å²) in [7, 11) is -1.50. The second kappa shape index (κ2) is 9.74. The highest BCUT2D eigenvalue weighted by Gasteiger charge is 2.33. The molecule has 0 amide bonds. The number of aromatic nitrogens is 2. The molecule has 0 N–H and O–H groups in total. The Balaban J connectivity index is 0.00000289. The van der Waals surface area contributed by atoms with E-state index in [1.54, 1.807) is 10.6 Å². The van der Waals surface area contributed by atoms with Crippen LogP contribution in [0.2, 0.25) is 0 Å². The number of fused-ring (bicyclic) bond motifs is 1. The van der Waals surface area contributed by atoms with Crippen molar-refractivity contribution in [3.8, 4) is 6.07 Å². The van der Waals surface area contributed by atoms with Crippen LogP contribution in [0.5, 0.6) is 0 Å². The fraction of sp³-hybridized carbons (Fsp3) is 0.304. The topological polar surface area (TPSA) is 82.2 Å². The van der Waals surface area contributed by atoms with E-state index in [0.717, 1.165) is 22.5 Å². The lowest BCUT2D eigenvalue weighted by Gasteiger charge is -2.40. The van der Waals surface area contributed by atoms with Gasteiger partial charge in [-0.15, -0.1) is 12.4 Å². The first-order valence-corrected chi connectivity index (χ1v) is 11.9. The van der Waals surface area contributed by atoms with E-state index in [9.17, 15) is 13.7 Å². The highest BCUT2D eigenvalue weighted by Crippen LogP contribution is 2.32. The van der Waals surface area contributed by atoms with Crippen LogP contribution in [0.15, 0.2) is 61.1 Å². The zero-order chi connectivity index (χ0) is 22.0. The Morgan fingerprint density at radius 1 is 1.22 bits per heavy atom. The van der Waals surface area contributed by atoms with Crippen LogP contribution >= 0.6 is 12.4 Å². The van der Waals surface area contributed by atoms with Gasteiger partial charge >= 0.3 is 0 Å². The first-order valence-electron chi connectivity index (χ1n) is 10.1. The number of halogens is 1. The molecule has 32 heavy (non-hydrogen) atoms. The number of benzene rings is 2. The minimum Gasteiger partial charge on any atom is -0.364 e. The highest BCUT2D eigenvalue weighted by molar-refractivity contribution is 7.88. The molecule has 0 bridgehead atoms. The van der Waals surface area contributed by atoms with Gasteiger partial charge < -0.3 is 9.47 Å². The van der Waals surface area contributed by atoms with Crippen LogP contribution < -0.4 is 4.90 Å². The van der Waals surface area contributed by atoms with E-state index in [0.29, 0.717) is 31.6 Å². The van der Waals surface area contributed by atoms with Gasteiger partial charge in [0.1, 0.15) is 0 Å². The van der Waals surface area contributed by atoms with Crippen molar-refractivity contribution in [1.29, 1.82) is 5.26 Å². The van der Waals surface area contributed by atoms with Crippen LogP contribution in [0.4, 0.5) is 5.69 Å². The van der Waals surface area contributed by atoms with Gasteiger partial charge in [0.25, 0.3) is 0 Å². The normalized spacial score (nSPS) is 15.7. The molecule has 3 aromatic rings. The Kier molecular flexibility index (Phi) is 7.24. The average Bonchev–Trinajstić information content (AvgIpc) is 3.15. The molecular weight excluding hydrogens is 446 g/mol. The van der Waals surface area contributed by atoms with E-state index in [2.05, 4.69) is 16.0 Å². The fourth-order valence-corrected chi connectivity index (χ4v) is 5.22. The summed E-state index contributed by atoms with van der Waals surface area (Å²) >= 11 is 0. The van der Waals surface area contributed by atoms with Crippen molar-refractivity contribution in [2.24, 2.45) is 7.05 Å². The van der Waals surface area contributed by atoms with Crippen molar-refractivity contribution in [2.75, 3.05) is 17.7 Å². The SMILES string of the molecule is Cl.Cn1cncc1CN1CC(N(Cc2ccccc2)S(C)(=O)=O)Cc2cc(C#N)ccc21.